The fraction of sp³-hybridized carbons (Fsp3) is 0.522. The number of fused-ring (bicyclic) bond motifs is 1. The number of amides is 1. The molecule has 0 heterocycles. The van der Waals surface area contributed by atoms with E-state index in [-0.39, 0.29) is 18.2 Å². The molecule has 2 aromatic rings. The minimum Gasteiger partial charge on any atom is -0.446 e. The molecule has 142 valence electrons. The summed E-state index contributed by atoms with van der Waals surface area (Å²) in [6.45, 7) is 6.31. The summed E-state index contributed by atoms with van der Waals surface area (Å²) in [4.78, 5) is 12.3. The van der Waals surface area contributed by atoms with E-state index in [0.29, 0.717) is 0 Å². The number of alkyl carbamates (subject to hydrolysis) is 1. The van der Waals surface area contributed by atoms with E-state index in [1.54, 1.807) is 0 Å². The Hall–Kier alpha value is -2.03. The van der Waals surface area contributed by atoms with Crippen LogP contribution in [-0.2, 0) is 4.74 Å². The first-order chi connectivity index (χ1) is 12.7. The van der Waals surface area contributed by atoms with E-state index < -0.39 is 0 Å². The van der Waals surface area contributed by atoms with Crippen LogP contribution in [0.3, 0.4) is 0 Å². The zero-order valence-electron chi connectivity index (χ0n) is 16.5. The lowest BCUT2D eigenvalue weighted by atomic mass is 10.00. The van der Waals surface area contributed by atoms with Crippen molar-refractivity contribution in [3.05, 3.63) is 48.0 Å². The van der Waals surface area contributed by atoms with Crippen molar-refractivity contribution in [2.24, 2.45) is 0 Å². The van der Waals surface area contributed by atoms with Crippen molar-refractivity contribution in [1.29, 1.82) is 0 Å². The molecule has 1 N–H and O–H groups in total. The number of benzene rings is 2. The van der Waals surface area contributed by atoms with Gasteiger partial charge in [-0.3, -0.25) is 0 Å². The zero-order valence-corrected chi connectivity index (χ0v) is 16.5. The average molecular weight is 356 g/mol. The number of hydrogen-bond acceptors (Lipinski definition) is 2. The van der Waals surface area contributed by atoms with E-state index in [1.165, 1.54) is 36.5 Å². The molecule has 2 atom stereocenters. The lowest BCUT2D eigenvalue weighted by Crippen LogP contribution is -2.31. The van der Waals surface area contributed by atoms with Gasteiger partial charge in [0.1, 0.15) is 6.10 Å². The van der Waals surface area contributed by atoms with E-state index in [9.17, 15) is 4.79 Å². The van der Waals surface area contributed by atoms with Crippen LogP contribution in [0.1, 0.15) is 77.3 Å². The zero-order chi connectivity index (χ0) is 18.8. The van der Waals surface area contributed by atoms with Crippen LogP contribution in [0.4, 0.5) is 4.79 Å². The number of rotatable bonds is 10. The molecule has 0 aliphatic rings. The van der Waals surface area contributed by atoms with E-state index in [2.05, 4.69) is 43.4 Å². The molecule has 0 radical (unpaired) electrons. The molecule has 0 aromatic heterocycles. The average Bonchev–Trinajstić information content (AvgIpc) is 2.66. The first-order valence-corrected chi connectivity index (χ1v) is 10.1. The van der Waals surface area contributed by atoms with Gasteiger partial charge in [0.2, 0.25) is 0 Å². The number of nitrogens with one attached hydrogen (secondary N) is 1. The Bertz CT molecular complexity index is 677. The topological polar surface area (TPSA) is 38.3 Å². The maximum Gasteiger partial charge on any atom is 0.407 e. The lowest BCUT2D eigenvalue weighted by Gasteiger charge is -2.20. The van der Waals surface area contributed by atoms with Crippen molar-refractivity contribution >= 4 is 16.9 Å². The van der Waals surface area contributed by atoms with Gasteiger partial charge in [0.05, 0.1) is 6.04 Å². The number of unbranched alkanes of at least 4 members (excludes halogenated alkanes) is 4. The summed E-state index contributed by atoms with van der Waals surface area (Å²) in [5.74, 6) is 0. The fourth-order valence-corrected chi connectivity index (χ4v) is 3.39. The molecule has 0 spiro atoms. The highest BCUT2D eigenvalue weighted by Crippen LogP contribution is 2.24. The Morgan fingerprint density at radius 2 is 1.73 bits per heavy atom. The predicted octanol–water partition coefficient (Wildman–Crippen LogP) is 6.77. The van der Waals surface area contributed by atoms with E-state index in [0.717, 1.165) is 24.8 Å². The van der Waals surface area contributed by atoms with Crippen LogP contribution in [0.25, 0.3) is 10.8 Å². The smallest absolute Gasteiger partial charge is 0.407 e. The Morgan fingerprint density at radius 3 is 2.50 bits per heavy atom. The molecule has 2 rings (SSSR count). The molecule has 3 nitrogen and oxygen atoms in total. The van der Waals surface area contributed by atoms with Gasteiger partial charge in [0.25, 0.3) is 0 Å². The van der Waals surface area contributed by atoms with Crippen LogP contribution in [0.2, 0.25) is 0 Å². The van der Waals surface area contributed by atoms with Crippen LogP contribution < -0.4 is 5.32 Å². The second kappa shape index (κ2) is 10.8. The summed E-state index contributed by atoms with van der Waals surface area (Å²) in [6, 6.07) is 14.4. The molecule has 2 aromatic carbocycles. The summed E-state index contributed by atoms with van der Waals surface area (Å²) in [7, 11) is 0. The van der Waals surface area contributed by atoms with Gasteiger partial charge in [0.15, 0.2) is 0 Å². The molecular formula is C23H33NO2. The second-order valence-electron chi connectivity index (χ2n) is 7.07. The molecule has 26 heavy (non-hydrogen) atoms. The predicted molar refractivity (Wildman–Crippen MR) is 109 cm³/mol. The third kappa shape index (κ3) is 6.05. The second-order valence-corrected chi connectivity index (χ2v) is 7.07. The van der Waals surface area contributed by atoms with Crippen molar-refractivity contribution in [1.82, 2.24) is 5.32 Å². The molecule has 0 fully saturated rings. The lowest BCUT2D eigenvalue weighted by molar-refractivity contribution is 0.0863. The summed E-state index contributed by atoms with van der Waals surface area (Å²) < 4.78 is 5.66. The third-order valence-corrected chi connectivity index (χ3v) is 4.98. The maximum atomic E-state index is 12.3. The standard InChI is InChI=1S/C23H33NO2/c1-4-6-7-8-9-15-20(5-2)26-23(25)24-18(3)21-17-12-14-19-13-10-11-16-22(19)21/h10-14,16-18,20H,4-9,15H2,1-3H3,(H,24,25). The molecule has 2 unspecified atom stereocenters. The Kier molecular flexibility index (Phi) is 8.46. The van der Waals surface area contributed by atoms with Gasteiger partial charge >= 0.3 is 6.09 Å². The number of carbonyl (C=O) groups is 1. The van der Waals surface area contributed by atoms with Gasteiger partial charge in [0, 0.05) is 0 Å². The Balaban J connectivity index is 1.87. The van der Waals surface area contributed by atoms with Crippen LogP contribution in [-0.4, -0.2) is 12.2 Å². The molecule has 1 amide bonds. The monoisotopic (exact) mass is 355 g/mol. The minimum atomic E-state index is -0.314. The third-order valence-electron chi connectivity index (χ3n) is 4.98. The van der Waals surface area contributed by atoms with Crippen LogP contribution in [0, 0.1) is 0 Å². The molecule has 0 bridgehead atoms. The van der Waals surface area contributed by atoms with E-state index in [4.69, 9.17) is 4.74 Å². The summed E-state index contributed by atoms with van der Waals surface area (Å²) in [5, 5.41) is 5.36. The number of carbonyl (C=O) groups excluding carboxylic acids is 1. The normalized spacial score (nSPS) is 13.3. The van der Waals surface area contributed by atoms with Crippen molar-refractivity contribution in [2.45, 2.75) is 77.9 Å². The first-order valence-electron chi connectivity index (χ1n) is 10.1. The summed E-state index contributed by atoms with van der Waals surface area (Å²) >= 11 is 0. The van der Waals surface area contributed by atoms with Crippen molar-refractivity contribution in [2.75, 3.05) is 0 Å². The molecular weight excluding hydrogens is 322 g/mol. The van der Waals surface area contributed by atoms with Crippen LogP contribution in [0.15, 0.2) is 42.5 Å². The van der Waals surface area contributed by atoms with Crippen molar-refractivity contribution in [3.63, 3.8) is 0 Å². The van der Waals surface area contributed by atoms with Gasteiger partial charge in [-0.05, 0) is 42.5 Å². The molecule has 0 aliphatic carbocycles. The Labute approximate surface area is 158 Å². The SMILES string of the molecule is CCCCCCCC(CC)OC(=O)NC(C)c1cccc2ccccc12. The molecule has 0 saturated carbocycles. The first kappa shape index (κ1) is 20.3. The van der Waals surface area contributed by atoms with E-state index >= 15 is 0 Å². The Morgan fingerprint density at radius 1 is 1.00 bits per heavy atom. The molecule has 0 aliphatic heterocycles. The van der Waals surface area contributed by atoms with Gasteiger partial charge in [-0.25, -0.2) is 4.79 Å². The van der Waals surface area contributed by atoms with Crippen molar-refractivity contribution < 1.29 is 9.53 Å². The van der Waals surface area contributed by atoms with Gasteiger partial charge in [-0.1, -0.05) is 82.0 Å². The van der Waals surface area contributed by atoms with Crippen LogP contribution in [0.5, 0.6) is 0 Å². The largest absolute Gasteiger partial charge is 0.446 e. The highest BCUT2D eigenvalue weighted by molar-refractivity contribution is 5.86. The number of hydrogen-bond donors (Lipinski definition) is 1. The maximum absolute atomic E-state index is 12.3. The van der Waals surface area contributed by atoms with Crippen molar-refractivity contribution in [3.8, 4) is 0 Å². The van der Waals surface area contributed by atoms with Gasteiger partial charge in [-0.2, -0.15) is 0 Å². The quantitative estimate of drug-likeness (QED) is 0.478. The fourth-order valence-electron chi connectivity index (χ4n) is 3.39. The summed E-state index contributed by atoms with van der Waals surface area (Å²) in [6.07, 6.45) is 7.69. The molecule has 3 heteroatoms. The highest BCUT2D eigenvalue weighted by Gasteiger charge is 2.16. The molecule has 0 saturated heterocycles. The highest BCUT2D eigenvalue weighted by atomic mass is 16.6. The van der Waals surface area contributed by atoms with Gasteiger partial charge < -0.3 is 10.1 Å². The van der Waals surface area contributed by atoms with Crippen LogP contribution >= 0.6 is 0 Å². The summed E-state index contributed by atoms with van der Waals surface area (Å²) in [5.41, 5.74) is 1.12. The van der Waals surface area contributed by atoms with E-state index in [1.807, 2.05) is 25.1 Å². The van der Waals surface area contributed by atoms with Gasteiger partial charge in [-0.15, -0.1) is 0 Å². The minimum absolute atomic E-state index is 0.0105. The number of ether oxygens (including phenoxy) is 1.